The lowest BCUT2D eigenvalue weighted by Gasteiger charge is -2.22. The van der Waals surface area contributed by atoms with Gasteiger partial charge < -0.3 is 15.8 Å². The molecule has 0 radical (unpaired) electrons. The van der Waals surface area contributed by atoms with E-state index in [1.54, 1.807) is 6.20 Å². The van der Waals surface area contributed by atoms with Crippen LogP contribution in [0, 0.1) is 0 Å². The molecule has 15 heavy (non-hydrogen) atoms. The number of ether oxygens (including phenoxy) is 1. The van der Waals surface area contributed by atoms with Crippen molar-refractivity contribution in [3.8, 4) is 5.75 Å². The summed E-state index contributed by atoms with van der Waals surface area (Å²) in [6, 6.07) is 0. The first-order valence-corrected chi connectivity index (χ1v) is 5.48. The van der Waals surface area contributed by atoms with Gasteiger partial charge in [-0.25, -0.2) is 0 Å². The summed E-state index contributed by atoms with van der Waals surface area (Å²) >= 11 is 0. The van der Waals surface area contributed by atoms with E-state index in [9.17, 15) is 0 Å². The molecule has 2 rings (SSSR count). The molecule has 5 heteroatoms. The van der Waals surface area contributed by atoms with Crippen molar-refractivity contribution in [1.82, 2.24) is 15.1 Å². The molecule has 0 saturated carbocycles. The molecule has 1 aliphatic heterocycles. The van der Waals surface area contributed by atoms with Gasteiger partial charge in [-0.3, -0.25) is 4.68 Å². The Balaban J connectivity index is 1.86. The maximum atomic E-state index is 5.80. The van der Waals surface area contributed by atoms with E-state index in [0.29, 0.717) is 6.54 Å². The van der Waals surface area contributed by atoms with Crippen LogP contribution in [0.2, 0.25) is 0 Å². The second-order valence-electron chi connectivity index (χ2n) is 3.81. The van der Waals surface area contributed by atoms with E-state index in [-0.39, 0.29) is 6.10 Å². The number of piperidine rings is 1. The maximum absolute atomic E-state index is 5.80. The van der Waals surface area contributed by atoms with E-state index in [4.69, 9.17) is 10.5 Å². The highest BCUT2D eigenvalue weighted by Gasteiger charge is 2.14. The van der Waals surface area contributed by atoms with E-state index < -0.39 is 0 Å². The predicted octanol–water partition coefficient (Wildman–Crippen LogP) is -0.0274. The lowest BCUT2D eigenvalue weighted by molar-refractivity contribution is 0.167. The summed E-state index contributed by atoms with van der Waals surface area (Å²) in [5.74, 6) is 0.845. The van der Waals surface area contributed by atoms with Crippen LogP contribution in [0.3, 0.4) is 0 Å². The third-order valence-corrected chi connectivity index (χ3v) is 2.52. The molecule has 1 aliphatic rings. The quantitative estimate of drug-likeness (QED) is 0.732. The van der Waals surface area contributed by atoms with Crippen LogP contribution < -0.4 is 15.8 Å². The van der Waals surface area contributed by atoms with Gasteiger partial charge in [0.15, 0.2) is 5.75 Å². The van der Waals surface area contributed by atoms with Crippen LogP contribution in [0.5, 0.6) is 5.75 Å². The molecule has 1 aromatic heterocycles. The van der Waals surface area contributed by atoms with Crippen molar-refractivity contribution in [2.45, 2.75) is 25.5 Å². The zero-order chi connectivity index (χ0) is 10.5. The maximum Gasteiger partial charge on any atom is 0.157 e. The van der Waals surface area contributed by atoms with Crippen molar-refractivity contribution in [3.63, 3.8) is 0 Å². The number of nitrogens with one attached hydrogen (secondary N) is 1. The summed E-state index contributed by atoms with van der Waals surface area (Å²) in [5, 5.41) is 7.48. The molecule has 1 fully saturated rings. The monoisotopic (exact) mass is 210 g/mol. The molecular formula is C10H18N4O. The minimum atomic E-state index is 0.286. The molecule has 0 spiro atoms. The third kappa shape index (κ3) is 2.94. The number of nitrogens with two attached hydrogens (primary N) is 1. The topological polar surface area (TPSA) is 65.1 Å². The number of hydrogen-bond acceptors (Lipinski definition) is 4. The van der Waals surface area contributed by atoms with Crippen molar-refractivity contribution in [2.24, 2.45) is 5.73 Å². The summed E-state index contributed by atoms with van der Waals surface area (Å²) in [7, 11) is 0. The Kier molecular flexibility index (Phi) is 3.58. The van der Waals surface area contributed by atoms with Gasteiger partial charge in [0.25, 0.3) is 0 Å². The average Bonchev–Trinajstić information content (AvgIpc) is 2.68. The van der Waals surface area contributed by atoms with Crippen molar-refractivity contribution < 1.29 is 4.74 Å². The molecule has 0 aliphatic carbocycles. The van der Waals surface area contributed by atoms with E-state index in [1.165, 1.54) is 6.42 Å². The molecule has 84 valence electrons. The van der Waals surface area contributed by atoms with Crippen molar-refractivity contribution in [1.29, 1.82) is 0 Å². The first kappa shape index (κ1) is 10.4. The highest BCUT2D eigenvalue weighted by molar-refractivity contribution is 5.12. The van der Waals surface area contributed by atoms with Crippen LogP contribution in [0.4, 0.5) is 0 Å². The van der Waals surface area contributed by atoms with Gasteiger partial charge in [0, 0.05) is 13.1 Å². The second-order valence-corrected chi connectivity index (χ2v) is 3.81. The van der Waals surface area contributed by atoms with Gasteiger partial charge in [-0.2, -0.15) is 5.10 Å². The lowest BCUT2D eigenvalue weighted by atomic mass is 10.1. The minimum Gasteiger partial charge on any atom is -0.486 e. The van der Waals surface area contributed by atoms with E-state index in [1.807, 2.05) is 10.9 Å². The molecule has 0 aromatic carbocycles. The van der Waals surface area contributed by atoms with Gasteiger partial charge in [0.2, 0.25) is 0 Å². The molecule has 1 saturated heterocycles. The van der Waals surface area contributed by atoms with Crippen LogP contribution >= 0.6 is 0 Å². The van der Waals surface area contributed by atoms with Crippen LogP contribution in [0.15, 0.2) is 12.4 Å². The Labute approximate surface area is 89.6 Å². The Morgan fingerprint density at radius 1 is 1.67 bits per heavy atom. The summed E-state index contributed by atoms with van der Waals surface area (Å²) < 4.78 is 7.61. The summed E-state index contributed by atoms with van der Waals surface area (Å²) in [6.45, 7) is 3.38. The first-order chi connectivity index (χ1) is 7.38. The number of nitrogens with zero attached hydrogens (tertiary/aromatic N) is 2. The molecule has 3 N–H and O–H groups in total. The first-order valence-electron chi connectivity index (χ1n) is 5.48. The van der Waals surface area contributed by atoms with Gasteiger partial charge in [0.1, 0.15) is 6.10 Å². The van der Waals surface area contributed by atoms with Gasteiger partial charge in [0.05, 0.1) is 18.9 Å². The van der Waals surface area contributed by atoms with Gasteiger partial charge >= 0.3 is 0 Å². The molecular weight excluding hydrogens is 192 g/mol. The Morgan fingerprint density at radius 2 is 2.60 bits per heavy atom. The zero-order valence-electron chi connectivity index (χ0n) is 8.85. The highest BCUT2D eigenvalue weighted by atomic mass is 16.5. The minimum absolute atomic E-state index is 0.286. The molecule has 1 aromatic rings. The third-order valence-electron chi connectivity index (χ3n) is 2.52. The number of aromatic nitrogens is 2. The van der Waals surface area contributed by atoms with Crippen LogP contribution in [0.1, 0.15) is 12.8 Å². The number of hydrogen-bond donors (Lipinski definition) is 2. The summed E-state index contributed by atoms with van der Waals surface area (Å²) in [5.41, 5.74) is 5.44. The molecule has 1 unspecified atom stereocenters. The van der Waals surface area contributed by atoms with Gasteiger partial charge in [-0.05, 0) is 19.4 Å². The number of rotatable bonds is 4. The van der Waals surface area contributed by atoms with Crippen LogP contribution in [0.25, 0.3) is 0 Å². The highest BCUT2D eigenvalue weighted by Crippen LogP contribution is 2.14. The molecule has 0 bridgehead atoms. The van der Waals surface area contributed by atoms with E-state index in [0.717, 1.165) is 31.8 Å². The normalized spacial score (nSPS) is 21.5. The smallest absolute Gasteiger partial charge is 0.157 e. The van der Waals surface area contributed by atoms with Crippen LogP contribution in [-0.2, 0) is 6.54 Å². The fourth-order valence-corrected chi connectivity index (χ4v) is 1.77. The SMILES string of the molecule is NCCn1cc(OC2CCCNC2)cn1. The molecule has 1 atom stereocenters. The Hall–Kier alpha value is -1.07. The fourth-order valence-electron chi connectivity index (χ4n) is 1.77. The Bertz CT molecular complexity index is 293. The molecule has 2 heterocycles. The summed E-state index contributed by atoms with van der Waals surface area (Å²) in [4.78, 5) is 0. The predicted molar refractivity (Wildman–Crippen MR) is 57.8 cm³/mol. The fraction of sp³-hybridized carbons (Fsp3) is 0.700. The lowest BCUT2D eigenvalue weighted by Crippen LogP contribution is -2.37. The molecule has 5 nitrogen and oxygen atoms in total. The average molecular weight is 210 g/mol. The largest absolute Gasteiger partial charge is 0.486 e. The van der Waals surface area contributed by atoms with Gasteiger partial charge in [-0.1, -0.05) is 0 Å². The van der Waals surface area contributed by atoms with E-state index in [2.05, 4.69) is 10.4 Å². The van der Waals surface area contributed by atoms with Gasteiger partial charge in [-0.15, -0.1) is 0 Å². The zero-order valence-corrected chi connectivity index (χ0v) is 8.85. The van der Waals surface area contributed by atoms with Crippen molar-refractivity contribution >= 4 is 0 Å². The van der Waals surface area contributed by atoms with E-state index >= 15 is 0 Å². The summed E-state index contributed by atoms with van der Waals surface area (Å²) in [6.07, 6.45) is 6.25. The Morgan fingerprint density at radius 3 is 3.33 bits per heavy atom. The standard InChI is InChI=1S/C10H18N4O/c11-3-5-14-8-10(7-13-14)15-9-2-1-4-12-6-9/h7-9,12H,1-6,11H2. The molecule has 0 amide bonds. The van der Waals surface area contributed by atoms with Crippen molar-refractivity contribution in [3.05, 3.63) is 12.4 Å². The van der Waals surface area contributed by atoms with Crippen molar-refractivity contribution in [2.75, 3.05) is 19.6 Å². The second kappa shape index (κ2) is 5.14. The van der Waals surface area contributed by atoms with Crippen LogP contribution in [-0.4, -0.2) is 35.5 Å².